The van der Waals surface area contributed by atoms with Gasteiger partial charge in [0.1, 0.15) is 9.84 Å². The molecule has 0 aliphatic heterocycles. The largest absolute Gasteiger partial charge is 0.481 e. The Kier molecular flexibility index (Phi) is 5.96. The monoisotopic (exact) mass is 251 g/mol. The topological polar surface area (TPSA) is 97.5 Å². The van der Waals surface area contributed by atoms with Crippen LogP contribution in [0.3, 0.4) is 0 Å². The van der Waals surface area contributed by atoms with Gasteiger partial charge in [0, 0.05) is 18.6 Å². The molecule has 6 heteroatoms. The Bertz CT molecular complexity index is 326. The zero-order valence-electron chi connectivity index (χ0n) is 9.90. The molecule has 5 nitrogen and oxygen atoms in total. The van der Waals surface area contributed by atoms with Crippen LogP contribution in [-0.2, 0) is 14.6 Å². The predicted molar refractivity (Wildman–Crippen MR) is 63.0 cm³/mol. The number of carboxylic acid groups (broad SMARTS) is 1. The number of nitrogens with two attached hydrogens (primary N) is 1. The fourth-order valence-electron chi connectivity index (χ4n) is 1.78. The smallest absolute Gasteiger partial charge is 0.310 e. The van der Waals surface area contributed by atoms with Crippen LogP contribution in [0.5, 0.6) is 0 Å². The number of hydrogen-bond acceptors (Lipinski definition) is 4. The highest BCUT2D eigenvalue weighted by atomic mass is 32.2. The molecule has 0 heterocycles. The number of carboxylic acids is 1. The maximum Gasteiger partial charge on any atom is 0.310 e. The van der Waals surface area contributed by atoms with Gasteiger partial charge in [-0.1, -0.05) is 13.3 Å². The van der Waals surface area contributed by atoms with Gasteiger partial charge in [-0.05, 0) is 19.3 Å². The molecule has 0 bridgehead atoms. The molecule has 1 atom stereocenters. The lowest BCUT2D eigenvalue weighted by Crippen LogP contribution is -2.39. The average molecular weight is 251 g/mol. The molecule has 0 aromatic rings. The van der Waals surface area contributed by atoms with E-state index in [1.165, 1.54) is 0 Å². The normalized spacial score (nSPS) is 15.7. The van der Waals surface area contributed by atoms with Crippen molar-refractivity contribution in [3.05, 3.63) is 0 Å². The molecule has 0 aliphatic carbocycles. The first-order chi connectivity index (χ1) is 7.27. The Hall–Kier alpha value is -0.620. The van der Waals surface area contributed by atoms with Gasteiger partial charge in [0.2, 0.25) is 0 Å². The van der Waals surface area contributed by atoms with Crippen molar-refractivity contribution in [2.75, 3.05) is 18.6 Å². The van der Waals surface area contributed by atoms with E-state index in [9.17, 15) is 13.2 Å². The lowest BCUT2D eigenvalue weighted by Gasteiger charge is -2.27. The second kappa shape index (κ2) is 6.20. The standard InChI is InChI=1S/C10H21NO4S/c1-3-5-10(8-11,9(12)13)6-4-7-16(2,14)15/h3-8,11H2,1-2H3,(H,12,13). The first-order valence-corrected chi connectivity index (χ1v) is 7.44. The van der Waals surface area contributed by atoms with E-state index >= 15 is 0 Å². The molecule has 0 saturated heterocycles. The van der Waals surface area contributed by atoms with Gasteiger partial charge in [-0.2, -0.15) is 0 Å². The molecule has 0 saturated carbocycles. The molecule has 16 heavy (non-hydrogen) atoms. The summed E-state index contributed by atoms with van der Waals surface area (Å²) in [6, 6.07) is 0. The van der Waals surface area contributed by atoms with Gasteiger partial charge in [-0.25, -0.2) is 8.42 Å². The fourth-order valence-corrected chi connectivity index (χ4v) is 2.45. The lowest BCUT2D eigenvalue weighted by atomic mass is 9.79. The van der Waals surface area contributed by atoms with E-state index in [-0.39, 0.29) is 12.3 Å². The Morgan fingerprint density at radius 1 is 1.38 bits per heavy atom. The van der Waals surface area contributed by atoms with Crippen LogP contribution in [0.1, 0.15) is 32.6 Å². The van der Waals surface area contributed by atoms with Gasteiger partial charge < -0.3 is 10.8 Å². The summed E-state index contributed by atoms with van der Waals surface area (Å²) in [6.45, 7) is 1.95. The molecule has 96 valence electrons. The Balaban J connectivity index is 4.49. The van der Waals surface area contributed by atoms with E-state index in [1.54, 1.807) is 0 Å². The number of hydrogen-bond donors (Lipinski definition) is 2. The molecule has 0 fully saturated rings. The molecule has 0 aliphatic rings. The molecule has 0 aromatic heterocycles. The highest BCUT2D eigenvalue weighted by Crippen LogP contribution is 2.29. The van der Waals surface area contributed by atoms with E-state index in [4.69, 9.17) is 10.8 Å². The first kappa shape index (κ1) is 15.4. The van der Waals surface area contributed by atoms with Gasteiger partial charge in [0.15, 0.2) is 0 Å². The second-order valence-corrected chi connectivity index (χ2v) is 6.53. The van der Waals surface area contributed by atoms with Crippen LogP contribution in [0.15, 0.2) is 0 Å². The predicted octanol–water partition coefficient (Wildman–Crippen LogP) is 0.641. The third-order valence-corrected chi connectivity index (χ3v) is 3.77. The average Bonchev–Trinajstić information content (AvgIpc) is 2.14. The summed E-state index contributed by atoms with van der Waals surface area (Å²) in [5, 5.41) is 9.15. The third-order valence-electron chi connectivity index (χ3n) is 2.74. The Morgan fingerprint density at radius 3 is 2.25 bits per heavy atom. The zero-order chi connectivity index (χ0) is 12.8. The van der Waals surface area contributed by atoms with Crippen molar-refractivity contribution >= 4 is 15.8 Å². The Morgan fingerprint density at radius 2 is 1.94 bits per heavy atom. The first-order valence-electron chi connectivity index (χ1n) is 5.38. The van der Waals surface area contributed by atoms with E-state index in [0.29, 0.717) is 19.3 Å². The van der Waals surface area contributed by atoms with Crippen molar-refractivity contribution in [1.82, 2.24) is 0 Å². The highest BCUT2D eigenvalue weighted by molar-refractivity contribution is 7.90. The van der Waals surface area contributed by atoms with Gasteiger partial charge in [-0.3, -0.25) is 4.79 Å². The van der Waals surface area contributed by atoms with E-state index in [2.05, 4.69) is 0 Å². The summed E-state index contributed by atoms with van der Waals surface area (Å²) in [5.74, 6) is -0.906. The summed E-state index contributed by atoms with van der Waals surface area (Å²) in [6.07, 6.45) is 3.03. The minimum absolute atomic E-state index is 0.0196. The summed E-state index contributed by atoms with van der Waals surface area (Å²) in [5.41, 5.74) is 4.56. The molecular weight excluding hydrogens is 230 g/mol. The summed E-state index contributed by atoms with van der Waals surface area (Å²) >= 11 is 0. The van der Waals surface area contributed by atoms with Crippen LogP contribution in [0.4, 0.5) is 0 Å². The zero-order valence-corrected chi connectivity index (χ0v) is 10.7. The molecule has 0 rings (SSSR count). The van der Waals surface area contributed by atoms with E-state index in [0.717, 1.165) is 12.7 Å². The molecule has 1 unspecified atom stereocenters. The molecule has 0 aromatic carbocycles. The SMILES string of the molecule is CCCC(CN)(CCCS(C)(=O)=O)C(=O)O. The van der Waals surface area contributed by atoms with Crippen LogP contribution < -0.4 is 5.73 Å². The van der Waals surface area contributed by atoms with E-state index < -0.39 is 21.2 Å². The van der Waals surface area contributed by atoms with Gasteiger partial charge in [0.25, 0.3) is 0 Å². The number of rotatable bonds is 8. The lowest BCUT2D eigenvalue weighted by molar-refractivity contribution is -0.149. The van der Waals surface area contributed by atoms with Crippen molar-refractivity contribution in [2.24, 2.45) is 11.1 Å². The summed E-state index contributed by atoms with van der Waals surface area (Å²) in [4.78, 5) is 11.2. The third kappa shape index (κ3) is 4.94. The van der Waals surface area contributed by atoms with Crippen molar-refractivity contribution in [3.63, 3.8) is 0 Å². The minimum Gasteiger partial charge on any atom is -0.481 e. The van der Waals surface area contributed by atoms with Crippen LogP contribution in [0.25, 0.3) is 0 Å². The van der Waals surface area contributed by atoms with Crippen molar-refractivity contribution in [1.29, 1.82) is 0 Å². The maximum absolute atomic E-state index is 11.2. The minimum atomic E-state index is -3.03. The molecule has 3 N–H and O–H groups in total. The molecule has 0 radical (unpaired) electrons. The van der Waals surface area contributed by atoms with Crippen LogP contribution in [0.2, 0.25) is 0 Å². The molecule has 0 amide bonds. The second-order valence-electron chi connectivity index (χ2n) is 4.27. The van der Waals surface area contributed by atoms with Crippen LogP contribution in [-0.4, -0.2) is 38.0 Å². The quantitative estimate of drug-likeness (QED) is 0.659. The van der Waals surface area contributed by atoms with Crippen LogP contribution >= 0.6 is 0 Å². The molecular formula is C10H21NO4S. The fraction of sp³-hybridized carbons (Fsp3) is 0.900. The maximum atomic E-state index is 11.2. The Labute approximate surface area is 96.9 Å². The summed E-state index contributed by atoms with van der Waals surface area (Å²) < 4.78 is 21.9. The molecule has 0 spiro atoms. The number of sulfone groups is 1. The van der Waals surface area contributed by atoms with Gasteiger partial charge in [-0.15, -0.1) is 0 Å². The van der Waals surface area contributed by atoms with Crippen molar-refractivity contribution < 1.29 is 18.3 Å². The number of aliphatic carboxylic acids is 1. The van der Waals surface area contributed by atoms with Crippen LogP contribution in [0, 0.1) is 5.41 Å². The van der Waals surface area contributed by atoms with E-state index in [1.807, 2.05) is 6.92 Å². The number of carbonyl (C=O) groups is 1. The highest BCUT2D eigenvalue weighted by Gasteiger charge is 2.35. The van der Waals surface area contributed by atoms with Crippen molar-refractivity contribution in [2.45, 2.75) is 32.6 Å². The summed E-state index contributed by atoms with van der Waals surface area (Å²) in [7, 11) is -3.03. The van der Waals surface area contributed by atoms with Gasteiger partial charge >= 0.3 is 5.97 Å². The van der Waals surface area contributed by atoms with Crippen molar-refractivity contribution in [3.8, 4) is 0 Å². The van der Waals surface area contributed by atoms with Gasteiger partial charge in [0.05, 0.1) is 5.41 Å².